The summed E-state index contributed by atoms with van der Waals surface area (Å²) in [4.78, 5) is 12.0. The summed E-state index contributed by atoms with van der Waals surface area (Å²) in [5.74, 6) is 0.229. The molecule has 0 atom stereocenters. The van der Waals surface area contributed by atoms with E-state index in [2.05, 4.69) is 22.2 Å². The van der Waals surface area contributed by atoms with E-state index in [0.717, 1.165) is 6.42 Å². The van der Waals surface area contributed by atoms with Crippen molar-refractivity contribution in [3.63, 3.8) is 0 Å². The van der Waals surface area contributed by atoms with Crippen LogP contribution in [0.1, 0.15) is 25.0 Å². The largest absolute Gasteiger partial charge is 0.484 e. The van der Waals surface area contributed by atoms with Crippen molar-refractivity contribution in [1.29, 1.82) is 0 Å². The molecule has 0 bridgehead atoms. The second-order valence-electron chi connectivity index (χ2n) is 5.75. The van der Waals surface area contributed by atoms with Crippen molar-refractivity contribution in [1.82, 2.24) is 10.1 Å². The first kappa shape index (κ1) is 20.6. The summed E-state index contributed by atoms with van der Waals surface area (Å²) in [6.07, 6.45) is 0.941. The number of hydrazone groups is 1. The van der Waals surface area contributed by atoms with Crippen molar-refractivity contribution >= 4 is 21.6 Å². The minimum atomic E-state index is -3.48. The van der Waals surface area contributed by atoms with Crippen LogP contribution in [-0.4, -0.2) is 33.7 Å². The molecule has 0 radical (unpaired) electrons. The van der Waals surface area contributed by atoms with E-state index in [4.69, 9.17) is 4.74 Å². The lowest BCUT2D eigenvalue weighted by Gasteiger charge is -2.07. The van der Waals surface area contributed by atoms with Crippen LogP contribution in [-0.2, 0) is 21.2 Å². The lowest BCUT2D eigenvalue weighted by atomic mass is 10.1. The molecule has 0 aromatic heterocycles. The number of nitrogens with one attached hydrogen (secondary N) is 2. The SMILES string of the molecule is CCc1ccc(OCC(=O)N/N=C(/C)c2ccc(S(=O)(=O)NC)cc2)cc1. The standard InChI is InChI=1S/C19H23N3O4S/c1-4-15-5-9-17(10-6-15)26-13-19(23)22-21-14(2)16-7-11-18(12-8-16)27(24,25)20-3/h5-12,20H,4,13H2,1-3H3,(H,22,23)/b21-14-. The molecule has 8 heteroatoms. The molecule has 2 aromatic rings. The van der Waals surface area contributed by atoms with Gasteiger partial charge in [-0.1, -0.05) is 31.2 Å². The third-order valence-electron chi connectivity index (χ3n) is 3.90. The van der Waals surface area contributed by atoms with Crippen molar-refractivity contribution in [3.8, 4) is 5.75 Å². The minimum absolute atomic E-state index is 0.151. The molecular weight excluding hydrogens is 366 g/mol. The second-order valence-corrected chi connectivity index (χ2v) is 7.64. The lowest BCUT2D eigenvalue weighted by molar-refractivity contribution is -0.123. The quantitative estimate of drug-likeness (QED) is 0.534. The minimum Gasteiger partial charge on any atom is -0.484 e. The summed E-state index contributed by atoms with van der Waals surface area (Å²) in [5, 5.41) is 4.02. The van der Waals surface area contributed by atoms with Crippen LogP contribution in [0.5, 0.6) is 5.75 Å². The number of hydrogen-bond donors (Lipinski definition) is 2. The van der Waals surface area contributed by atoms with Crippen molar-refractivity contribution in [2.75, 3.05) is 13.7 Å². The highest BCUT2D eigenvalue weighted by Gasteiger charge is 2.11. The van der Waals surface area contributed by atoms with Gasteiger partial charge in [-0.05, 0) is 55.8 Å². The number of hydrogen-bond acceptors (Lipinski definition) is 5. The van der Waals surface area contributed by atoms with Gasteiger partial charge in [0.25, 0.3) is 5.91 Å². The van der Waals surface area contributed by atoms with Gasteiger partial charge in [0.2, 0.25) is 10.0 Å². The van der Waals surface area contributed by atoms with Gasteiger partial charge in [-0.15, -0.1) is 0 Å². The number of amides is 1. The molecule has 0 spiro atoms. The maximum Gasteiger partial charge on any atom is 0.277 e. The van der Waals surface area contributed by atoms with Crippen molar-refractivity contribution in [2.24, 2.45) is 5.10 Å². The third kappa shape index (κ3) is 5.90. The van der Waals surface area contributed by atoms with Gasteiger partial charge in [0.05, 0.1) is 10.6 Å². The summed E-state index contributed by atoms with van der Waals surface area (Å²) in [6, 6.07) is 13.8. The molecule has 0 saturated heterocycles. The second kappa shape index (κ2) is 9.29. The Labute approximate surface area is 159 Å². The molecule has 144 valence electrons. The fraction of sp³-hybridized carbons (Fsp3) is 0.263. The Kier molecular flexibility index (Phi) is 7.09. The summed E-state index contributed by atoms with van der Waals surface area (Å²) >= 11 is 0. The van der Waals surface area contributed by atoms with Gasteiger partial charge in [0, 0.05) is 0 Å². The number of ether oxygens (including phenoxy) is 1. The summed E-state index contributed by atoms with van der Waals surface area (Å²) in [5.41, 5.74) is 4.86. The van der Waals surface area contributed by atoms with E-state index in [1.54, 1.807) is 19.1 Å². The van der Waals surface area contributed by atoms with Crippen LogP contribution >= 0.6 is 0 Å². The fourth-order valence-corrected chi connectivity index (χ4v) is 2.94. The van der Waals surface area contributed by atoms with Gasteiger partial charge in [0.15, 0.2) is 6.61 Å². The van der Waals surface area contributed by atoms with Crippen LogP contribution < -0.4 is 14.9 Å². The summed E-state index contributed by atoms with van der Waals surface area (Å²) < 4.78 is 31.1. The van der Waals surface area contributed by atoms with Gasteiger partial charge >= 0.3 is 0 Å². The number of aryl methyl sites for hydroxylation is 1. The van der Waals surface area contributed by atoms with Gasteiger partial charge < -0.3 is 4.74 Å². The topological polar surface area (TPSA) is 96.9 Å². The number of rotatable bonds is 8. The maximum absolute atomic E-state index is 11.9. The Morgan fingerprint density at radius 2 is 1.70 bits per heavy atom. The molecule has 0 aliphatic heterocycles. The highest BCUT2D eigenvalue weighted by Crippen LogP contribution is 2.12. The molecule has 2 N–H and O–H groups in total. The Hall–Kier alpha value is -2.71. The molecule has 0 fully saturated rings. The highest BCUT2D eigenvalue weighted by molar-refractivity contribution is 7.89. The number of benzene rings is 2. The molecule has 0 aliphatic rings. The molecule has 2 aromatic carbocycles. The average molecular weight is 389 g/mol. The Balaban J connectivity index is 1.91. The number of carbonyl (C=O) groups excluding carboxylic acids is 1. The van der Waals surface area contributed by atoms with Gasteiger partial charge in [-0.25, -0.2) is 18.6 Å². The van der Waals surface area contributed by atoms with Crippen molar-refractivity contribution in [3.05, 3.63) is 59.7 Å². The van der Waals surface area contributed by atoms with E-state index in [0.29, 0.717) is 17.0 Å². The molecule has 0 aliphatic carbocycles. The van der Waals surface area contributed by atoms with Crippen LogP contribution in [0, 0.1) is 0 Å². The predicted octanol–water partition coefficient (Wildman–Crippen LogP) is 2.08. The molecule has 0 unspecified atom stereocenters. The number of nitrogens with zero attached hydrogens (tertiary/aromatic N) is 1. The maximum atomic E-state index is 11.9. The van der Waals surface area contributed by atoms with Crippen LogP contribution in [0.2, 0.25) is 0 Å². The Morgan fingerprint density at radius 3 is 2.26 bits per heavy atom. The first-order chi connectivity index (χ1) is 12.9. The number of carbonyl (C=O) groups is 1. The average Bonchev–Trinajstić information content (AvgIpc) is 2.70. The monoisotopic (exact) mass is 389 g/mol. The molecule has 27 heavy (non-hydrogen) atoms. The lowest BCUT2D eigenvalue weighted by Crippen LogP contribution is -2.25. The molecule has 7 nitrogen and oxygen atoms in total. The van der Waals surface area contributed by atoms with Gasteiger partial charge in [-0.2, -0.15) is 5.10 Å². The number of sulfonamides is 1. The molecule has 1 amide bonds. The zero-order chi connectivity index (χ0) is 19.9. The van der Waals surface area contributed by atoms with Gasteiger partial charge in [0.1, 0.15) is 5.75 Å². The van der Waals surface area contributed by atoms with E-state index in [1.807, 2.05) is 24.3 Å². The highest BCUT2D eigenvalue weighted by atomic mass is 32.2. The summed E-state index contributed by atoms with van der Waals surface area (Å²) in [7, 11) is -2.13. The van der Waals surface area contributed by atoms with Crippen LogP contribution in [0.25, 0.3) is 0 Å². The first-order valence-electron chi connectivity index (χ1n) is 8.44. The smallest absolute Gasteiger partial charge is 0.277 e. The Morgan fingerprint density at radius 1 is 1.07 bits per heavy atom. The van der Waals surface area contributed by atoms with Crippen LogP contribution in [0.4, 0.5) is 0 Å². The fourth-order valence-electron chi connectivity index (χ4n) is 2.21. The first-order valence-corrected chi connectivity index (χ1v) is 9.93. The third-order valence-corrected chi connectivity index (χ3v) is 5.33. The van der Waals surface area contributed by atoms with E-state index in [-0.39, 0.29) is 17.4 Å². The normalized spacial score (nSPS) is 11.9. The van der Waals surface area contributed by atoms with Crippen molar-refractivity contribution in [2.45, 2.75) is 25.2 Å². The van der Waals surface area contributed by atoms with E-state index in [9.17, 15) is 13.2 Å². The molecule has 2 rings (SSSR count). The van der Waals surface area contributed by atoms with E-state index >= 15 is 0 Å². The summed E-state index contributed by atoms with van der Waals surface area (Å²) in [6.45, 7) is 3.63. The predicted molar refractivity (Wildman–Crippen MR) is 104 cm³/mol. The van der Waals surface area contributed by atoms with Gasteiger partial charge in [-0.3, -0.25) is 4.79 Å². The van der Waals surface area contributed by atoms with Crippen LogP contribution in [0.3, 0.4) is 0 Å². The molecule has 0 saturated carbocycles. The van der Waals surface area contributed by atoms with E-state index in [1.165, 1.54) is 24.7 Å². The zero-order valence-corrected chi connectivity index (χ0v) is 16.3. The van der Waals surface area contributed by atoms with Crippen LogP contribution in [0.15, 0.2) is 58.5 Å². The molecule has 0 heterocycles. The van der Waals surface area contributed by atoms with Crippen molar-refractivity contribution < 1.29 is 17.9 Å². The van der Waals surface area contributed by atoms with E-state index < -0.39 is 10.0 Å². The zero-order valence-electron chi connectivity index (χ0n) is 15.5. The Bertz CT molecular complexity index is 905. The molecular formula is C19H23N3O4S.